The van der Waals surface area contributed by atoms with Crippen molar-refractivity contribution >= 4 is 17.4 Å². The fourth-order valence-electron chi connectivity index (χ4n) is 5.15. The molecule has 0 saturated carbocycles. The molecular weight excluding hydrogens is 508 g/mol. The lowest BCUT2D eigenvalue weighted by Crippen LogP contribution is -2.42. The quantitative estimate of drug-likeness (QED) is 0.161. The average Bonchev–Trinajstić information content (AvgIpc) is 3.23. The van der Waals surface area contributed by atoms with Crippen LogP contribution in [0.15, 0.2) is 48.0 Å². The van der Waals surface area contributed by atoms with Crippen molar-refractivity contribution in [2.45, 2.75) is 52.5 Å². The Morgan fingerprint density at radius 2 is 1.70 bits per heavy atom. The van der Waals surface area contributed by atoms with Crippen LogP contribution in [0.2, 0.25) is 0 Å². The number of rotatable bonds is 13. The third-order valence-electron chi connectivity index (χ3n) is 7.42. The second-order valence-electron chi connectivity index (χ2n) is 10.4. The number of benzene rings is 2. The van der Waals surface area contributed by atoms with Gasteiger partial charge in [0.15, 0.2) is 0 Å². The summed E-state index contributed by atoms with van der Waals surface area (Å²) in [5.74, 6) is 0.0220. The van der Waals surface area contributed by atoms with Crippen LogP contribution in [0, 0.1) is 6.92 Å². The topological polar surface area (TPSA) is 88.5 Å². The zero-order valence-electron chi connectivity index (χ0n) is 24.0. The Hall–Kier alpha value is -3.36. The van der Waals surface area contributed by atoms with Crippen LogP contribution in [0.1, 0.15) is 62.3 Å². The molecule has 0 radical (unpaired) electrons. The minimum Gasteiger partial charge on any atom is -0.507 e. The molecule has 40 heavy (non-hydrogen) atoms. The lowest BCUT2D eigenvalue weighted by molar-refractivity contribution is -0.140. The van der Waals surface area contributed by atoms with Gasteiger partial charge in [0.2, 0.25) is 0 Å². The van der Waals surface area contributed by atoms with E-state index in [1.807, 2.05) is 38.1 Å². The van der Waals surface area contributed by atoms with Crippen LogP contribution in [0.25, 0.3) is 5.76 Å². The fraction of sp³-hybridized carbons (Fsp3) is 0.500. The van der Waals surface area contributed by atoms with Gasteiger partial charge in [0.25, 0.3) is 11.7 Å². The van der Waals surface area contributed by atoms with Crippen LogP contribution in [0.5, 0.6) is 11.5 Å². The molecule has 0 bridgehead atoms. The average molecular weight is 551 g/mol. The van der Waals surface area contributed by atoms with Crippen molar-refractivity contribution in [3.8, 4) is 11.5 Å². The van der Waals surface area contributed by atoms with Crippen LogP contribution < -0.4 is 9.47 Å². The van der Waals surface area contributed by atoms with Gasteiger partial charge in [-0.1, -0.05) is 38.8 Å². The van der Waals surface area contributed by atoms with Gasteiger partial charge in [0.1, 0.15) is 17.3 Å². The summed E-state index contributed by atoms with van der Waals surface area (Å²) >= 11 is 0. The van der Waals surface area contributed by atoms with E-state index in [1.54, 1.807) is 23.1 Å². The number of carbonyl (C=O) groups is 2. The van der Waals surface area contributed by atoms with Crippen molar-refractivity contribution in [1.29, 1.82) is 0 Å². The third kappa shape index (κ3) is 7.04. The molecule has 8 nitrogen and oxygen atoms in total. The molecule has 2 aromatic rings. The van der Waals surface area contributed by atoms with E-state index in [1.165, 1.54) is 0 Å². The number of nitrogens with zero attached hydrogens (tertiary/aromatic N) is 2. The van der Waals surface area contributed by atoms with E-state index >= 15 is 0 Å². The van der Waals surface area contributed by atoms with E-state index in [0.717, 1.165) is 61.4 Å². The maximum absolute atomic E-state index is 13.4. The number of aliphatic hydroxyl groups excluding tert-OH is 1. The molecule has 2 heterocycles. The van der Waals surface area contributed by atoms with Crippen molar-refractivity contribution in [3.05, 3.63) is 64.7 Å². The van der Waals surface area contributed by atoms with Crippen molar-refractivity contribution in [1.82, 2.24) is 9.80 Å². The highest BCUT2D eigenvalue weighted by Crippen LogP contribution is 2.40. The molecule has 8 heteroatoms. The number of aliphatic hydroxyl groups is 1. The lowest BCUT2D eigenvalue weighted by atomic mass is 9.94. The monoisotopic (exact) mass is 550 g/mol. The number of amides is 1. The second-order valence-corrected chi connectivity index (χ2v) is 10.4. The van der Waals surface area contributed by atoms with Crippen LogP contribution in [0.3, 0.4) is 0 Å². The van der Waals surface area contributed by atoms with Gasteiger partial charge in [-0.25, -0.2) is 0 Å². The highest BCUT2D eigenvalue weighted by molar-refractivity contribution is 6.46. The van der Waals surface area contributed by atoms with Crippen LogP contribution in [0.4, 0.5) is 0 Å². The first-order chi connectivity index (χ1) is 19.4. The standard InChI is InChI=1S/C32H42N2O6/c1-4-6-7-19-39-26-11-8-24(9-12-26)29-28(30(35)25-10-13-27(23(3)22-25)40-18-5-2)31(36)32(37)34(29)15-14-33-16-20-38-21-17-33/h8-13,22,29,35H,4-7,14-21H2,1-3H3/b30-28+. The number of hydrogen-bond acceptors (Lipinski definition) is 7. The first-order valence-corrected chi connectivity index (χ1v) is 14.5. The minimum atomic E-state index is -0.702. The van der Waals surface area contributed by atoms with E-state index in [-0.39, 0.29) is 11.3 Å². The summed E-state index contributed by atoms with van der Waals surface area (Å²) in [4.78, 5) is 30.6. The molecule has 1 amide bonds. The van der Waals surface area contributed by atoms with Gasteiger partial charge >= 0.3 is 0 Å². The molecule has 2 aliphatic rings. The lowest BCUT2D eigenvalue weighted by Gasteiger charge is -2.31. The third-order valence-corrected chi connectivity index (χ3v) is 7.42. The molecule has 2 fully saturated rings. The normalized spacial score (nSPS) is 19.3. The zero-order valence-corrected chi connectivity index (χ0v) is 24.0. The van der Waals surface area contributed by atoms with Crippen molar-refractivity contribution in [2.24, 2.45) is 0 Å². The highest BCUT2D eigenvalue weighted by atomic mass is 16.5. The Morgan fingerprint density at radius 1 is 0.950 bits per heavy atom. The smallest absolute Gasteiger partial charge is 0.295 e. The number of aryl methyl sites for hydroxylation is 1. The van der Waals surface area contributed by atoms with E-state index in [4.69, 9.17) is 14.2 Å². The minimum absolute atomic E-state index is 0.102. The van der Waals surface area contributed by atoms with Crippen molar-refractivity contribution in [2.75, 3.05) is 52.6 Å². The maximum Gasteiger partial charge on any atom is 0.295 e. The molecular formula is C32H42N2O6. The second kappa shape index (κ2) is 14.3. The van der Waals surface area contributed by atoms with Gasteiger partial charge in [0.05, 0.1) is 38.0 Å². The van der Waals surface area contributed by atoms with Crippen LogP contribution >= 0.6 is 0 Å². The van der Waals surface area contributed by atoms with Gasteiger partial charge in [-0.05, 0) is 61.2 Å². The number of hydrogen-bond donors (Lipinski definition) is 1. The fourth-order valence-corrected chi connectivity index (χ4v) is 5.15. The molecule has 0 aromatic heterocycles. The van der Waals surface area contributed by atoms with E-state index < -0.39 is 17.7 Å². The number of unbranched alkanes of at least 4 members (excludes halogenated alkanes) is 2. The molecule has 1 atom stereocenters. The molecule has 4 rings (SSSR count). The number of likely N-dealkylation sites (tertiary alicyclic amines) is 1. The van der Waals surface area contributed by atoms with Gasteiger partial charge in [-0.3, -0.25) is 14.5 Å². The summed E-state index contributed by atoms with van der Waals surface area (Å²) < 4.78 is 17.1. The molecule has 2 saturated heterocycles. The number of ketones is 1. The number of Topliss-reactive ketones (excluding diaryl/α,β-unsaturated/α-hetero) is 1. The molecule has 216 valence electrons. The number of ether oxygens (including phenoxy) is 3. The predicted octanol–water partition coefficient (Wildman–Crippen LogP) is 5.11. The Balaban J connectivity index is 1.66. The zero-order chi connectivity index (χ0) is 28.5. The number of morpholine rings is 1. The van der Waals surface area contributed by atoms with E-state index in [0.29, 0.717) is 45.1 Å². The Kier molecular flexibility index (Phi) is 10.6. The summed E-state index contributed by atoms with van der Waals surface area (Å²) in [6, 6.07) is 12.1. The Labute approximate surface area is 237 Å². The SMILES string of the molecule is CCCCCOc1ccc(C2/C(=C(\O)c3ccc(OCCC)c(C)c3)C(=O)C(=O)N2CCN2CCOCC2)cc1. The van der Waals surface area contributed by atoms with Gasteiger partial charge < -0.3 is 24.2 Å². The molecule has 2 aliphatic heterocycles. The Bertz CT molecular complexity index is 1190. The van der Waals surface area contributed by atoms with Gasteiger partial charge in [0, 0.05) is 31.7 Å². The summed E-state index contributed by atoms with van der Waals surface area (Å²) in [7, 11) is 0. The van der Waals surface area contributed by atoms with Crippen molar-refractivity contribution < 1.29 is 28.9 Å². The number of carbonyl (C=O) groups excluding carboxylic acids is 2. The molecule has 0 spiro atoms. The molecule has 1 N–H and O–H groups in total. The van der Waals surface area contributed by atoms with E-state index in [2.05, 4.69) is 11.8 Å². The van der Waals surface area contributed by atoms with Crippen LogP contribution in [-0.2, 0) is 14.3 Å². The summed E-state index contributed by atoms with van der Waals surface area (Å²) in [5.41, 5.74) is 2.18. The van der Waals surface area contributed by atoms with E-state index in [9.17, 15) is 14.7 Å². The Morgan fingerprint density at radius 3 is 2.38 bits per heavy atom. The molecule has 0 aliphatic carbocycles. The first-order valence-electron chi connectivity index (χ1n) is 14.5. The van der Waals surface area contributed by atoms with Gasteiger partial charge in [-0.15, -0.1) is 0 Å². The first kappa shape index (κ1) is 29.6. The summed E-state index contributed by atoms with van der Waals surface area (Å²) in [6.07, 6.45) is 4.11. The predicted molar refractivity (Wildman–Crippen MR) is 155 cm³/mol. The summed E-state index contributed by atoms with van der Waals surface area (Å²) in [6.45, 7) is 11.2. The van der Waals surface area contributed by atoms with Crippen molar-refractivity contribution in [3.63, 3.8) is 0 Å². The maximum atomic E-state index is 13.4. The highest BCUT2D eigenvalue weighted by Gasteiger charge is 2.46. The summed E-state index contributed by atoms with van der Waals surface area (Å²) in [5, 5.41) is 11.5. The molecule has 1 unspecified atom stereocenters. The molecule has 2 aromatic carbocycles. The van der Waals surface area contributed by atoms with Crippen LogP contribution in [-0.4, -0.2) is 79.2 Å². The largest absolute Gasteiger partial charge is 0.507 e. The van der Waals surface area contributed by atoms with Gasteiger partial charge in [-0.2, -0.15) is 0 Å².